The molecule has 0 radical (unpaired) electrons. The molecule has 0 bridgehead atoms. The second kappa shape index (κ2) is 9.36. The van der Waals surface area contributed by atoms with Gasteiger partial charge in [0, 0.05) is 24.5 Å². The Hall–Kier alpha value is -3.45. The lowest BCUT2D eigenvalue weighted by atomic mass is 9.98. The van der Waals surface area contributed by atoms with Crippen molar-refractivity contribution in [1.29, 1.82) is 0 Å². The van der Waals surface area contributed by atoms with Gasteiger partial charge in [0.25, 0.3) is 5.91 Å². The highest BCUT2D eigenvalue weighted by Gasteiger charge is 2.45. The number of hydrogen-bond donors (Lipinski definition) is 2. The van der Waals surface area contributed by atoms with Crippen molar-refractivity contribution in [2.24, 2.45) is 0 Å². The molecule has 7 nitrogen and oxygen atoms in total. The first-order valence-electron chi connectivity index (χ1n) is 11.1. The monoisotopic (exact) mass is 434 g/mol. The maximum atomic E-state index is 13.5. The number of carbonyl (C=O) groups excluding carboxylic acids is 2. The Morgan fingerprint density at radius 1 is 1.16 bits per heavy atom. The van der Waals surface area contributed by atoms with Crippen molar-refractivity contribution >= 4 is 22.7 Å². The first-order chi connectivity index (χ1) is 15.5. The van der Waals surface area contributed by atoms with Gasteiger partial charge in [0.2, 0.25) is 5.78 Å². The summed E-state index contributed by atoms with van der Waals surface area (Å²) in [6.07, 6.45) is 2.38. The summed E-state index contributed by atoms with van der Waals surface area (Å²) in [5.41, 5.74) is 1.14. The van der Waals surface area contributed by atoms with Crippen molar-refractivity contribution in [2.75, 3.05) is 26.2 Å². The van der Waals surface area contributed by atoms with E-state index in [1.54, 1.807) is 35.4 Å². The number of amides is 1. The van der Waals surface area contributed by atoms with Crippen molar-refractivity contribution < 1.29 is 24.0 Å². The second-order valence-electron chi connectivity index (χ2n) is 7.96. The Morgan fingerprint density at radius 2 is 1.91 bits per heavy atom. The maximum absolute atomic E-state index is 13.5. The van der Waals surface area contributed by atoms with E-state index in [0.717, 1.165) is 31.4 Å². The van der Waals surface area contributed by atoms with Crippen molar-refractivity contribution in [3.63, 3.8) is 0 Å². The van der Waals surface area contributed by atoms with Crippen molar-refractivity contribution in [3.05, 3.63) is 77.5 Å². The molecule has 1 aliphatic rings. The number of hydrogen-bond acceptors (Lipinski definition) is 5. The molecule has 0 unspecified atom stereocenters. The van der Waals surface area contributed by atoms with E-state index in [1.807, 2.05) is 24.3 Å². The number of aromatic nitrogens is 1. The Labute approximate surface area is 187 Å². The van der Waals surface area contributed by atoms with E-state index in [2.05, 4.69) is 18.8 Å². The van der Waals surface area contributed by atoms with E-state index < -0.39 is 23.5 Å². The van der Waals surface area contributed by atoms with E-state index in [0.29, 0.717) is 17.8 Å². The van der Waals surface area contributed by atoms with Gasteiger partial charge in [0.05, 0.1) is 30.9 Å². The van der Waals surface area contributed by atoms with Gasteiger partial charge in [-0.2, -0.15) is 0 Å². The molecule has 166 valence electrons. The zero-order valence-corrected chi connectivity index (χ0v) is 18.4. The van der Waals surface area contributed by atoms with Gasteiger partial charge in [-0.1, -0.05) is 24.3 Å². The zero-order valence-electron chi connectivity index (χ0n) is 18.4. The van der Waals surface area contributed by atoms with Gasteiger partial charge in [-0.3, -0.25) is 14.6 Å². The molecule has 4 rings (SSSR count). The molecule has 3 heterocycles. The number of nitrogens with one attached hydrogen (secondary N) is 1. The fourth-order valence-electron chi connectivity index (χ4n) is 4.29. The summed E-state index contributed by atoms with van der Waals surface area (Å²) in [5.74, 6) is -1.48. The minimum atomic E-state index is -0.754. The number of aliphatic hydroxyl groups excluding tert-OH is 1. The van der Waals surface area contributed by atoms with Gasteiger partial charge >= 0.3 is 0 Å². The van der Waals surface area contributed by atoms with E-state index in [-0.39, 0.29) is 11.3 Å². The van der Waals surface area contributed by atoms with Crippen LogP contribution in [0.25, 0.3) is 11.0 Å². The molecule has 7 heteroatoms. The number of carbonyl (C=O) groups is 2. The van der Waals surface area contributed by atoms with Gasteiger partial charge in [-0.05, 0) is 38.1 Å². The van der Waals surface area contributed by atoms with Crippen LogP contribution in [-0.4, -0.2) is 52.9 Å². The number of benzene rings is 1. The molecule has 32 heavy (non-hydrogen) atoms. The predicted molar refractivity (Wildman–Crippen MR) is 120 cm³/mol. The Morgan fingerprint density at radius 3 is 2.59 bits per heavy atom. The fraction of sp³-hybridized carbons (Fsp3) is 0.320. The number of para-hydroxylation sites is 1. The van der Waals surface area contributed by atoms with Crippen molar-refractivity contribution in [2.45, 2.75) is 26.3 Å². The smallest absolute Gasteiger partial charge is 0.290 e. The number of fused-ring (bicyclic) bond motifs is 1. The second-order valence-corrected chi connectivity index (χ2v) is 7.96. The van der Waals surface area contributed by atoms with E-state index in [1.165, 1.54) is 4.90 Å². The van der Waals surface area contributed by atoms with Crippen LogP contribution in [0.15, 0.2) is 70.5 Å². The fourth-order valence-corrected chi connectivity index (χ4v) is 4.29. The molecule has 1 aromatic carbocycles. The van der Waals surface area contributed by atoms with Crippen LogP contribution in [0.1, 0.15) is 42.6 Å². The Kier molecular flexibility index (Phi) is 6.37. The molecule has 0 fully saturated rings. The molecule has 1 amide bonds. The van der Waals surface area contributed by atoms with Gasteiger partial charge in [-0.25, -0.2) is 0 Å². The summed E-state index contributed by atoms with van der Waals surface area (Å²) in [6, 6.07) is 13.6. The number of ketones is 1. The molecule has 0 saturated carbocycles. The summed E-state index contributed by atoms with van der Waals surface area (Å²) in [7, 11) is 0. The zero-order chi connectivity index (χ0) is 22.7. The lowest BCUT2D eigenvalue weighted by Crippen LogP contribution is -3.11. The van der Waals surface area contributed by atoms with Crippen LogP contribution >= 0.6 is 0 Å². The highest BCUT2D eigenvalue weighted by Crippen LogP contribution is 2.38. The maximum Gasteiger partial charge on any atom is 0.290 e. The van der Waals surface area contributed by atoms with E-state index >= 15 is 0 Å². The Bertz CT molecular complexity index is 1120. The van der Waals surface area contributed by atoms with Gasteiger partial charge < -0.3 is 19.3 Å². The summed E-state index contributed by atoms with van der Waals surface area (Å²) >= 11 is 0. The third kappa shape index (κ3) is 4.03. The van der Waals surface area contributed by atoms with Crippen LogP contribution < -0.4 is 4.90 Å². The van der Waals surface area contributed by atoms with Crippen molar-refractivity contribution in [1.82, 2.24) is 9.88 Å². The van der Waals surface area contributed by atoms with Gasteiger partial charge in [0.15, 0.2) is 11.5 Å². The molecule has 0 saturated heterocycles. The first-order valence-corrected chi connectivity index (χ1v) is 11.1. The normalized spacial score (nSPS) is 16.5. The van der Waals surface area contributed by atoms with Crippen LogP contribution in [0.3, 0.4) is 0 Å². The molecular formula is C25H28N3O4+. The molecule has 2 aromatic heterocycles. The lowest BCUT2D eigenvalue weighted by molar-refractivity contribution is -0.896. The summed E-state index contributed by atoms with van der Waals surface area (Å²) in [5, 5.41) is 11.5. The Balaban J connectivity index is 1.67. The third-order valence-corrected chi connectivity index (χ3v) is 6.09. The topological polar surface area (TPSA) is 88.1 Å². The SMILES string of the molecule is CC[NH+](CC)CCCN1C(=O)C(O)=C(C(=O)c2cc3ccccc3o2)[C@H]1c1ccccn1. The number of pyridine rings is 1. The van der Waals surface area contributed by atoms with E-state index in [4.69, 9.17) is 4.42 Å². The standard InChI is InChI=1S/C25H27N3O4/c1-3-27(4-2)14-9-15-28-22(18-11-7-8-13-26-18)21(24(30)25(28)31)23(29)20-16-17-10-5-6-12-19(17)32-20/h5-8,10-13,16,22,30H,3-4,9,14-15H2,1-2H3/p+1/t22-/m1/s1. The molecular weight excluding hydrogens is 406 g/mol. The molecule has 0 spiro atoms. The molecule has 2 N–H and O–H groups in total. The molecule has 1 atom stereocenters. The van der Waals surface area contributed by atoms with Gasteiger partial charge in [-0.15, -0.1) is 0 Å². The quantitative estimate of drug-likeness (QED) is 0.506. The van der Waals surface area contributed by atoms with Crippen LogP contribution in [0, 0.1) is 0 Å². The number of furan rings is 1. The minimum absolute atomic E-state index is 0.0166. The first kappa shape index (κ1) is 21.8. The minimum Gasteiger partial charge on any atom is -0.503 e. The lowest BCUT2D eigenvalue weighted by Gasteiger charge is -2.26. The number of aliphatic hydroxyl groups is 1. The number of Topliss-reactive ketones (excluding diaryl/α,β-unsaturated/α-hetero) is 1. The number of quaternary nitrogens is 1. The largest absolute Gasteiger partial charge is 0.503 e. The average molecular weight is 435 g/mol. The molecule has 3 aromatic rings. The van der Waals surface area contributed by atoms with Crippen molar-refractivity contribution in [3.8, 4) is 0 Å². The summed E-state index contributed by atoms with van der Waals surface area (Å²) in [4.78, 5) is 33.9. The van der Waals surface area contributed by atoms with Crippen LogP contribution in [-0.2, 0) is 4.79 Å². The number of nitrogens with zero attached hydrogens (tertiary/aromatic N) is 2. The predicted octanol–water partition coefficient (Wildman–Crippen LogP) is 2.72. The van der Waals surface area contributed by atoms with Crippen LogP contribution in [0.5, 0.6) is 0 Å². The molecule has 0 aliphatic carbocycles. The average Bonchev–Trinajstić information content (AvgIpc) is 3.37. The number of rotatable bonds is 9. The van der Waals surface area contributed by atoms with Gasteiger partial charge in [0.1, 0.15) is 11.6 Å². The van der Waals surface area contributed by atoms with E-state index in [9.17, 15) is 14.7 Å². The third-order valence-electron chi connectivity index (χ3n) is 6.09. The highest BCUT2D eigenvalue weighted by atomic mass is 16.3. The molecule has 1 aliphatic heterocycles. The highest BCUT2D eigenvalue weighted by molar-refractivity contribution is 6.15. The van der Waals surface area contributed by atoms with Crippen LogP contribution in [0.2, 0.25) is 0 Å². The van der Waals surface area contributed by atoms with Crippen LogP contribution in [0.4, 0.5) is 0 Å². The summed E-state index contributed by atoms with van der Waals surface area (Å²) in [6.45, 7) is 7.60. The summed E-state index contributed by atoms with van der Waals surface area (Å²) < 4.78 is 5.74.